The molecule has 1 aromatic heterocycles. The first-order chi connectivity index (χ1) is 7.33. The third-order valence-corrected chi connectivity index (χ3v) is 2.37. The van der Waals surface area contributed by atoms with E-state index in [9.17, 15) is 0 Å². The number of nitrogens with zero attached hydrogens (tertiary/aromatic N) is 1. The van der Waals surface area contributed by atoms with Gasteiger partial charge >= 0.3 is 0 Å². The van der Waals surface area contributed by atoms with Crippen LogP contribution in [-0.2, 0) is 0 Å². The Hall–Kier alpha value is -1.77. The van der Waals surface area contributed by atoms with E-state index in [0.717, 1.165) is 35.2 Å². The SMILES string of the molecule is CCCNc1ccc(N)c2cccnc12. The number of nitrogens with two attached hydrogens (primary N) is 1. The molecule has 0 saturated heterocycles. The molecule has 2 aromatic rings. The summed E-state index contributed by atoms with van der Waals surface area (Å²) in [6, 6.07) is 7.80. The van der Waals surface area contributed by atoms with Crippen LogP contribution < -0.4 is 11.1 Å². The lowest BCUT2D eigenvalue weighted by molar-refractivity contribution is 0.981. The number of hydrogen-bond acceptors (Lipinski definition) is 3. The average Bonchev–Trinajstić information content (AvgIpc) is 2.29. The fraction of sp³-hybridized carbons (Fsp3) is 0.250. The van der Waals surface area contributed by atoms with Crippen molar-refractivity contribution in [2.24, 2.45) is 0 Å². The number of aromatic nitrogens is 1. The van der Waals surface area contributed by atoms with Gasteiger partial charge in [0, 0.05) is 23.8 Å². The molecule has 0 aliphatic heterocycles. The highest BCUT2D eigenvalue weighted by molar-refractivity contribution is 5.98. The molecule has 3 nitrogen and oxygen atoms in total. The van der Waals surface area contributed by atoms with Gasteiger partial charge in [-0.2, -0.15) is 0 Å². The number of nitrogens with one attached hydrogen (secondary N) is 1. The van der Waals surface area contributed by atoms with Crippen molar-refractivity contribution in [2.45, 2.75) is 13.3 Å². The highest BCUT2D eigenvalue weighted by atomic mass is 14.9. The van der Waals surface area contributed by atoms with Crippen molar-refractivity contribution in [3.63, 3.8) is 0 Å². The van der Waals surface area contributed by atoms with Gasteiger partial charge in [-0.05, 0) is 30.7 Å². The first-order valence-electron chi connectivity index (χ1n) is 5.20. The lowest BCUT2D eigenvalue weighted by Gasteiger charge is -2.09. The summed E-state index contributed by atoms with van der Waals surface area (Å²) in [6.07, 6.45) is 2.89. The van der Waals surface area contributed by atoms with Crippen LogP contribution >= 0.6 is 0 Å². The zero-order chi connectivity index (χ0) is 10.7. The summed E-state index contributed by atoms with van der Waals surface area (Å²) in [5, 5.41) is 4.36. The van der Waals surface area contributed by atoms with Gasteiger partial charge < -0.3 is 11.1 Å². The summed E-state index contributed by atoms with van der Waals surface area (Å²) in [6.45, 7) is 3.09. The maximum atomic E-state index is 5.89. The van der Waals surface area contributed by atoms with Crippen molar-refractivity contribution in [2.75, 3.05) is 17.6 Å². The molecule has 2 rings (SSSR count). The molecule has 0 atom stereocenters. The second-order valence-corrected chi connectivity index (χ2v) is 3.53. The minimum absolute atomic E-state index is 0.778. The predicted molar refractivity (Wildman–Crippen MR) is 64.9 cm³/mol. The highest BCUT2D eigenvalue weighted by Gasteiger charge is 2.03. The van der Waals surface area contributed by atoms with E-state index in [0.29, 0.717) is 0 Å². The predicted octanol–water partition coefficient (Wildman–Crippen LogP) is 2.64. The van der Waals surface area contributed by atoms with Crippen LogP contribution in [0.15, 0.2) is 30.5 Å². The van der Waals surface area contributed by atoms with Crippen LogP contribution in [0.5, 0.6) is 0 Å². The number of fused-ring (bicyclic) bond motifs is 1. The molecule has 0 saturated carbocycles. The molecule has 1 aromatic carbocycles. The monoisotopic (exact) mass is 201 g/mol. The van der Waals surface area contributed by atoms with E-state index in [1.54, 1.807) is 6.20 Å². The van der Waals surface area contributed by atoms with E-state index in [1.165, 1.54) is 0 Å². The maximum Gasteiger partial charge on any atom is 0.0953 e. The van der Waals surface area contributed by atoms with Crippen LogP contribution in [0.1, 0.15) is 13.3 Å². The van der Waals surface area contributed by atoms with Crippen LogP contribution in [0, 0.1) is 0 Å². The van der Waals surface area contributed by atoms with E-state index >= 15 is 0 Å². The normalized spacial score (nSPS) is 10.5. The van der Waals surface area contributed by atoms with Gasteiger partial charge in [0.1, 0.15) is 0 Å². The van der Waals surface area contributed by atoms with Crippen LogP contribution in [0.25, 0.3) is 10.9 Å². The summed E-state index contributed by atoms with van der Waals surface area (Å²) < 4.78 is 0. The summed E-state index contributed by atoms with van der Waals surface area (Å²) in [7, 11) is 0. The Morgan fingerprint density at radius 3 is 3.00 bits per heavy atom. The number of rotatable bonds is 3. The molecule has 15 heavy (non-hydrogen) atoms. The minimum Gasteiger partial charge on any atom is -0.398 e. The second kappa shape index (κ2) is 4.17. The average molecular weight is 201 g/mol. The molecule has 0 amide bonds. The zero-order valence-electron chi connectivity index (χ0n) is 8.83. The standard InChI is InChI=1S/C12H15N3/c1-2-7-14-11-6-5-10(13)9-4-3-8-15-12(9)11/h3-6,8,14H,2,7,13H2,1H3. The highest BCUT2D eigenvalue weighted by Crippen LogP contribution is 2.25. The third kappa shape index (κ3) is 1.86. The first kappa shape index (κ1) is 9.77. The molecule has 78 valence electrons. The molecule has 0 fully saturated rings. The molecular weight excluding hydrogens is 186 g/mol. The Balaban J connectivity index is 2.51. The van der Waals surface area contributed by atoms with Crippen LogP contribution in [0.3, 0.4) is 0 Å². The number of anilines is 2. The van der Waals surface area contributed by atoms with Crippen LogP contribution in [0.4, 0.5) is 11.4 Å². The van der Waals surface area contributed by atoms with Gasteiger partial charge in [0.2, 0.25) is 0 Å². The molecule has 0 aliphatic carbocycles. The second-order valence-electron chi connectivity index (χ2n) is 3.53. The quantitative estimate of drug-likeness (QED) is 0.750. The summed E-state index contributed by atoms with van der Waals surface area (Å²) in [5.41, 5.74) is 8.67. The van der Waals surface area contributed by atoms with Crippen molar-refractivity contribution >= 4 is 22.3 Å². The van der Waals surface area contributed by atoms with E-state index in [2.05, 4.69) is 17.2 Å². The van der Waals surface area contributed by atoms with Crippen LogP contribution in [0.2, 0.25) is 0 Å². The topological polar surface area (TPSA) is 50.9 Å². The van der Waals surface area contributed by atoms with Gasteiger partial charge in [-0.1, -0.05) is 6.92 Å². The Morgan fingerprint density at radius 2 is 2.20 bits per heavy atom. The molecule has 0 radical (unpaired) electrons. The van der Waals surface area contributed by atoms with Gasteiger partial charge in [-0.15, -0.1) is 0 Å². The summed E-state index contributed by atoms with van der Waals surface area (Å²) in [5.74, 6) is 0. The number of benzene rings is 1. The lowest BCUT2D eigenvalue weighted by Crippen LogP contribution is -2.01. The summed E-state index contributed by atoms with van der Waals surface area (Å²) >= 11 is 0. The lowest BCUT2D eigenvalue weighted by atomic mass is 10.1. The third-order valence-electron chi connectivity index (χ3n) is 2.37. The van der Waals surface area contributed by atoms with Gasteiger partial charge in [0.05, 0.1) is 11.2 Å². The van der Waals surface area contributed by atoms with Crippen molar-refractivity contribution in [1.29, 1.82) is 0 Å². The first-order valence-corrected chi connectivity index (χ1v) is 5.20. The Labute approximate surface area is 89.3 Å². The molecule has 1 heterocycles. The smallest absolute Gasteiger partial charge is 0.0953 e. The molecular formula is C12H15N3. The number of pyridine rings is 1. The van der Waals surface area contributed by atoms with Crippen molar-refractivity contribution in [3.8, 4) is 0 Å². The van der Waals surface area contributed by atoms with Crippen molar-refractivity contribution < 1.29 is 0 Å². The molecule has 0 spiro atoms. The molecule has 3 heteroatoms. The maximum absolute atomic E-state index is 5.89. The van der Waals surface area contributed by atoms with E-state index in [1.807, 2.05) is 24.3 Å². The van der Waals surface area contributed by atoms with Gasteiger partial charge in [-0.25, -0.2) is 0 Å². The van der Waals surface area contributed by atoms with Gasteiger partial charge in [0.15, 0.2) is 0 Å². The summed E-state index contributed by atoms with van der Waals surface area (Å²) in [4.78, 5) is 4.35. The number of hydrogen-bond donors (Lipinski definition) is 2. The van der Waals surface area contributed by atoms with Crippen LogP contribution in [-0.4, -0.2) is 11.5 Å². The molecule has 3 N–H and O–H groups in total. The zero-order valence-corrected chi connectivity index (χ0v) is 8.83. The molecule has 0 bridgehead atoms. The van der Waals surface area contributed by atoms with E-state index in [-0.39, 0.29) is 0 Å². The minimum atomic E-state index is 0.778. The Bertz CT molecular complexity index is 465. The Morgan fingerprint density at radius 1 is 1.33 bits per heavy atom. The van der Waals surface area contributed by atoms with Crippen molar-refractivity contribution in [3.05, 3.63) is 30.5 Å². The number of nitrogen functional groups attached to an aromatic ring is 1. The fourth-order valence-corrected chi connectivity index (χ4v) is 1.60. The van der Waals surface area contributed by atoms with Gasteiger partial charge in [0.25, 0.3) is 0 Å². The van der Waals surface area contributed by atoms with Gasteiger partial charge in [-0.3, -0.25) is 4.98 Å². The van der Waals surface area contributed by atoms with E-state index in [4.69, 9.17) is 5.73 Å². The fourth-order valence-electron chi connectivity index (χ4n) is 1.60. The Kier molecular flexibility index (Phi) is 2.72. The molecule has 0 unspecified atom stereocenters. The van der Waals surface area contributed by atoms with E-state index < -0.39 is 0 Å². The molecule has 0 aliphatic rings. The van der Waals surface area contributed by atoms with Crippen molar-refractivity contribution in [1.82, 2.24) is 4.98 Å². The largest absolute Gasteiger partial charge is 0.398 e.